The van der Waals surface area contributed by atoms with Crippen LogP contribution in [0, 0.1) is 13.8 Å². The molecule has 138 valence electrons. The second-order valence-corrected chi connectivity index (χ2v) is 5.94. The molecule has 2 aromatic rings. The zero-order chi connectivity index (χ0) is 18.9. The Morgan fingerprint density at radius 1 is 1.04 bits per heavy atom. The van der Waals surface area contributed by atoms with Crippen molar-refractivity contribution in [2.75, 3.05) is 11.9 Å². The molecule has 1 aromatic heterocycles. The maximum absolute atomic E-state index is 11.8. The van der Waals surface area contributed by atoms with E-state index in [1.54, 1.807) is 12.1 Å². The number of carbonyl (C=O) groups excluding carboxylic acids is 3. The van der Waals surface area contributed by atoms with Crippen molar-refractivity contribution in [1.82, 2.24) is 5.32 Å². The van der Waals surface area contributed by atoms with Crippen LogP contribution in [0.3, 0.4) is 0 Å². The van der Waals surface area contributed by atoms with Crippen molar-refractivity contribution in [3.05, 3.63) is 53.5 Å². The topological polar surface area (TPSA) is 97.6 Å². The molecule has 1 heterocycles. The Kier molecular flexibility index (Phi) is 6.96. The number of furan rings is 1. The highest BCUT2D eigenvalue weighted by Crippen LogP contribution is 2.13. The van der Waals surface area contributed by atoms with Crippen LogP contribution in [0.2, 0.25) is 0 Å². The van der Waals surface area contributed by atoms with Gasteiger partial charge in [0.05, 0.1) is 19.2 Å². The van der Waals surface area contributed by atoms with Gasteiger partial charge in [-0.2, -0.15) is 0 Å². The number of esters is 1. The first-order valence-electron chi connectivity index (χ1n) is 8.25. The number of nitrogens with one attached hydrogen (secondary N) is 2. The second kappa shape index (κ2) is 9.41. The van der Waals surface area contributed by atoms with Crippen LogP contribution in [-0.2, 0) is 25.7 Å². The summed E-state index contributed by atoms with van der Waals surface area (Å²) in [6.45, 7) is 3.73. The van der Waals surface area contributed by atoms with Gasteiger partial charge < -0.3 is 19.8 Å². The summed E-state index contributed by atoms with van der Waals surface area (Å²) in [7, 11) is 0. The molecule has 0 aliphatic heterocycles. The molecular weight excluding hydrogens is 336 g/mol. The van der Waals surface area contributed by atoms with E-state index in [0.29, 0.717) is 11.4 Å². The number of amides is 2. The molecule has 0 atom stereocenters. The summed E-state index contributed by atoms with van der Waals surface area (Å²) in [5, 5.41) is 5.30. The first-order valence-corrected chi connectivity index (χ1v) is 8.25. The number of benzene rings is 1. The van der Waals surface area contributed by atoms with Gasteiger partial charge in [0.1, 0.15) is 5.76 Å². The first-order chi connectivity index (χ1) is 12.4. The minimum Gasteiger partial charge on any atom is -0.467 e. The van der Waals surface area contributed by atoms with Crippen molar-refractivity contribution in [3.8, 4) is 0 Å². The van der Waals surface area contributed by atoms with Gasteiger partial charge in [0.15, 0.2) is 6.61 Å². The Balaban J connectivity index is 1.64. The van der Waals surface area contributed by atoms with E-state index in [2.05, 4.69) is 10.6 Å². The van der Waals surface area contributed by atoms with Crippen LogP contribution in [0.15, 0.2) is 41.0 Å². The van der Waals surface area contributed by atoms with Gasteiger partial charge in [-0.05, 0) is 49.2 Å². The van der Waals surface area contributed by atoms with Crippen LogP contribution in [0.4, 0.5) is 5.69 Å². The Labute approximate surface area is 151 Å². The summed E-state index contributed by atoms with van der Waals surface area (Å²) in [6, 6.07) is 9.11. The molecule has 7 nitrogen and oxygen atoms in total. The Bertz CT molecular complexity index is 748. The van der Waals surface area contributed by atoms with Crippen molar-refractivity contribution in [2.24, 2.45) is 0 Å². The van der Waals surface area contributed by atoms with Crippen molar-refractivity contribution >= 4 is 23.5 Å². The van der Waals surface area contributed by atoms with Crippen molar-refractivity contribution in [1.29, 1.82) is 0 Å². The molecule has 26 heavy (non-hydrogen) atoms. The number of aryl methyl sites for hydroxylation is 2. The number of carbonyl (C=O) groups is 3. The minimum absolute atomic E-state index is 0.0156. The van der Waals surface area contributed by atoms with Crippen LogP contribution in [-0.4, -0.2) is 24.4 Å². The average molecular weight is 358 g/mol. The monoisotopic (exact) mass is 358 g/mol. The minimum atomic E-state index is -0.603. The van der Waals surface area contributed by atoms with E-state index >= 15 is 0 Å². The predicted octanol–water partition coefficient (Wildman–Crippen LogP) is 2.47. The Morgan fingerprint density at radius 2 is 1.77 bits per heavy atom. The highest BCUT2D eigenvalue weighted by Gasteiger charge is 2.11. The normalized spacial score (nSPS) is 10.2. The smallest absolute Gasteiger partial charge is 0.306 e. The molecule has 7 heteroatoms. The van der Waals surface area contributed by atoms with Gasteiger partial charge in [-0.1, -0.05) is 6.07 Å². The molecule has 2 N–H and O–H groups in total. The van der Waals surface area contributed by atoms with E-state index < -0.39 is 11.9 Å². The summed E-state index contributed by atoms with van der Waals surface area (Å²) < 4.78 is 9.97. The van der Waals surface area contributed by atoms with E-state index in [9.17, 15) is 14.4 Å². The van der Waals surface area contributed by atoms with E-state index in [1.807, 2.05) is 32.0 Å². The highest BCUT2D eigenvalue weighted by atomic mass is 16.5. The van der Waals surface area contributed by atoms with Gasteiger partial charge in [0.2, 0.25) is 5.91 Å². The van der Waals surface area contributed by atoms with Crippen LogP contribution in [0.1, 0.15) is 29.7 Å². The molecule has 0 unspecified atom stereocenters. The lowest BCUT2D eigenvalue weighted by atomic mass is 10.1. The van der Waals surface area contributed by atoms with Gasteiger partial charge in [0, 0.05) is 12.1 Å². The van der Waals surface area contributed by atoms with Gasteiger partial charge >= 0.3 is 5.97 Å². The summed E-state index contributed by atoms with van der Waals surface area (Å²) in [4.78, 5) is 35.1. The maximum atomic E-state index is 11.8. The number of anilines is 1. The molecule has 2 amide bonds. The van der Waals surface area contributed by atoms with E-state index in [1.165, 1.54) is 6.26 Å². The van der Waals surface area contributed by atoms with Gasteiger partial charge in [-0.25, -0.2) is 0 Å². The summed E-state index contributed by atoms with van der Waals surface area (Å²) >= 11 is 0. The van der Waals surface area contributed by atoms with Crippen molar-refractivity contribution in [2.45, 2.75) is 33.2 Å². The van der Waals surface area contributed by atoms with Gasteiger partial charge in [-0.3, -0.25) is 14.4 Å². The van der Waals surface area contributed by atoms with Crippen LogP contribution in [0.5, 0.6) is 0 Å². The Hall–Kier alpha value is -3.09. The second-order valence-electron chi connectivity index (χ2n) is 5.94. The standard InChI is InChI=1S/C19H22N2O5/c1-13-8-14(2)10-15(9-13)21-18(23)12-26-19(24)6-5-17(22)20-11-16-4-3-7-25-16/h3-4,7-10H,5-6,11-12H2,1-2H3,(H,20,22)(H,21,23). The first kappa shape index (κ1) is 19.2. The lowest BCUT2D eigenvalue weighted by Gasteiger charge is -2.08. The fraction of sp³-hybridized carbons (Fsp3) is 0.316. The van der Waals surface area contributed by atoms with E-state index in [-0.39, 0.29) is 31.9 Å². The van der Waals surface area contributed by atoms with Crippen molar-refractivity contribution < 1.29 is 23.5 Å². The molecule has 1 aromatic carbocycles. The quantitative estimate of drug-likeness (QED) is 0.707. The van der Waals surface area contributed by atoms with Gasteiger partial charge in [0.25, 0.3) is 5.91 Å². The third kappa shape index (κ3) is 6.80. The molecular formula is C19H22N2O5. The number of ether oxygens (including phenoxy) is 1. The highest BCUT2D eigenvalue weighted by molar-refractivity contribution is 5.93. The fourth-order valence-electron chi connectivity index (χ4n) is 2.36. The van der Waals surface area contributed by atoms with E-state index in [0.717, 1.165) is 11.1 Å². The van der Waals surface area contributed by atoms with E-state index in [4.69, 9.17) is 9.15 Å². The zero-order valence-electron chi connectivity index (χ0n) is 14.8. The average Bonchev–Trinajstić information content (AvgIpc) is 3.09. The molecule has 0 bridgehead atoms. The summed E-state index contributed by atoms with van der Waals surface area (Å²) in [5.41, 5.74) is 2.71. The maximum Gasteiger partial charge on any atom is 0.306 e. The molecule has 0 radical (unpaired) electrons. The predicted molar refractivity (Wildman–Crippen MR) is 95.3 cm³/mol. The SMILES string of the molecule is Cc1cc(C)cc(NC(=O)COC(=O)CCC(=O)NCc2ccco2)c1. The van der Waals surface area contributed by atoms with Gasteiger partial charge in [-0.15, -0.1) is 0 Å². The van der Waals surface area contributed by atoms with Crippen LogP contribution >= 0.6 is 0 Å². The molecule has 0 saturated heterocycles. The summed E-state index contributed by atoms with van der Waals surface area (Å²) in [5.74, 6) is -0.693. The largest absolute Gasteiger partial charge is 0.467 e. The zero-order valence-corrected chi connectivity index (χ0v) is 14.8. The number of hydrogen-bond donors (Lipinski definition) is 2. The lowest BCUT2D eigenvalue weighted by Crippen LogP contribution is -2.24. The molecule has 0 aliphatic carbocycles. The molecule has 0 saturated carbocycles. The molecule has 2 rings (SSSR count). The fourth-order valence-corrected chi connectivity index (χ4v) is 2.36. The van der Waals surface area contributed by atoms with Crippen LogP contribution in [0.25, 0.3) is 0 Å². The number of rotatable bonds is 8. The molecule has 0 spiro atoms. The number of hydrogen-bond acceptors (Lipinski definition) is 5. The lowest BCUT2D eigenvalue weighted by molar-refractivity contribution is -0.148. The third-order valence-corrected chi connectivity index (χ3v) is 3.47. The third-order valence-electron chi connectivity index (χ3n) is 3.47. The molecule has 0 fully saturated rings. The van der Waals surface area contributed by atoms with Crippen LogP contribution < -0.4 is 10.6 Å². The molecule has 0 aliphatic rings. The van der Waals surface area contributed by atoms with Crippen molar-refractivity contribution in [3.63, 3.8) is 0 Å². The Morgan fingerprint density at radius 3 is 2.42 bits per heavy atom. The summed E-state index contributed by atoms with van der Waals surface area (Å²) in [6.07, 6.45) is 1.40.